The van der Waals surface area contributed by atoms with Crippen molar-refractivity contribution in [2.24, 2.45) is 4.99 Å². The van der Waals surface area contributed by atoms with Crippen molar-refractivity contribution in [1.82, 2.24) is 15.5 Å². The second-order valence-corrected chi connectivity index (χ2v) is 7.29. The maximum absolute atomic E-state index is 5.95. The van der Waals surface area contributed by atoms with Crippen molar-refractivity contribution in [3.8, 4) is 0 Å². The highest BCUT2D eigenvalue weighted by molar-refractivity contribution is 5.80. The van der Waals surface area contributed by atoms with Gasteiger partial charge in [0.1, 0.15) is 0 Å². The Bertz CT molecular complexity index is 421. The highest BCUT2D eigenvalue weighted by Gasteiger charge is 2.41. The summed E-state index contributed by atoms with van der Waals surface area (Å²) in [7, 11) is 4.32. The van der Waals surface area contributed by atoms with Gasteiger partial charge in [0.25, 0.3) is 0 Å². The molecule has 0 amide bonds. The van der Waals surface area contributed by atoms with Crippen LogP contribution >= 0.6 is 0 Å². The molecule has 6 nitrogen and oxygen atoms in total. The molecule has 3 atom stereocenters. The molecule has 0 radical (unpaired) electrons. The minimum absolute atomic E-state index is 0.117. The number of fused-ring (bicyclic) bond motifs is 2. The first-order chi connectivity index (χ1) is 11.1. The Kier molecular flexibility index (Phi) is 5.44. The zero-order valence-corrected chi connectivity index (χ0v) is 14.8. The monoisotopic (exact) mass is 324 g/mol. The van der Waals surface area contributed by atoms with Crippen LogP contribution in [0, 0.1) is 0 Å². The van der Waals surface area contributed by atoms with Gasteiger partial charge < -0.3 is 25.0 Å². The zero-order chi connectivity index (χ0) is 16.3. The van der Waals surface area contributed by atoms with E-state index in [2.05, 4.69) is 36.6 Å². The molecule has 3 heterocycles. The molecule has 0 aromatic carbocycles. The molecule has 3 fully saturated rings. The van der Waals surface area contributed by atoms with E-state index in [1.54, 1.807) is 0 Å². The first-order valence-corrected chi connectivity index (χ1v) is 9.08. The molecule has 2 bridgehead atoms. The van der Waals surface area contributed by atoms with E-state index in [4.69, 9.17) is 14.5 Å². The molecule has 0 aromatic heterocycles. The van der Waals surface area contributed by atoms with Gasteiger partial charge in [0, 0.05) is 25.3 Å². The molecular formula is C17H32N4O2. The standard InChI is InChI=1S/C17H32N4O2/c1-4-18-16(20-14-11-13-5-6-15(14)23-13)19-12-17(21(2)3)7-9-22-10-8-17/h13-15H,4-12H2,1-3H3,(H2,18,19,20). The average Bonchev–Trinajstić information content (AvgIpc) is 3.16. The Balaban J connectivity index is 1.63. The predicted octanol–water partition coefficient (Wildman–Crippen LogP) is 0.972. The van der Waals surface area contributed by atoms with Gasteiger partial charge in [0.15, 0.2) is 5.96 Å². The third kappa shape index (κ3) is 3.80. The van der Waals surface area contributed by atoms with Gasteiger partial charge in [-0.1, -0.05) is 0 Å². The average molecular weight is 324 g/mol. The van der Waals surface area contributed by atoms with Crippen molar-refractivity contribution >= 4 is 5.96 Å². The molecule has 0 aliphatic carbocycles. The van der Waals surface area contributed by atoms with Crippen LogP contribution in [0.2, 0.25) is 0 Å². The highest BCUT2D eigenvalue weighted by Crippen LogP contribution is 2.34. The van der Waals surface area contributed by atoms with E-state index < -0.39 is 0 Å². The zero-order valence-electron chi connectivity index (χ0n) is 14.8. The van der Waals surface area contributed by atoms with Crippen LogP contribution in [0.15, 0.2) is 4.99 Å². The van der Waals surface area contributed by atoms with Crippen LogP contribution in [0.5, 0.6) is 0 Å². The van der Waals surface area contributed by atoms with Gasteiger partial charge in [-0.15, -0.1) is 0 Å². The van der Waals surface area contributed by atoms with Crippen molar-refractivity contribution in [2.45, 2.75) is 62.8 Å². The molecule has 0 spiro atoms. The van der Waals surface area contributed by atoms with E-state index in [0.717, 1.165) is 51.5 Å². The van der Waals surface area contributed by atoms with Crippen LogP contribution in [0.4, 0.5) is 0 Å². The highest BCUT2D eigenvalue weighted by atomic mass is 16.5. The lowest BCUT2D eigenvalue weighted by atomic mass is 9.89. The lowest BCUT2D eigenvalue weighted by Crippen LogP contribution is -2.52. The molecule has 0 saturated carbocycles. The summed E-state index contributed by atoms with van der Waals surface area (Å²) in [5.41, 5.74) is 0.117. The van der Waals surface area contributed by atoms with Gasteiger partial charge in [0.2, 0.25) is 0 Å². The van der Waals surface area contributed by atoms with Crippen LogP contribution in [0.3, 0.4) is 0 Å². The number of hydrogen-bond donors (Lipinski definition) is 2. The third-order valence-corrected chi connectivity index (χ3v) is 5.68. The maximum atomic E-state index is 5.95. The Morgan fingerprint density at radius 1 is 1.26 bits per heavy atom. The summed E-state index contributed by atoms with van der Waals surface area (Å²) in [5.74, 6) is 0.932. The van der Waals surface area contributed by atoms with Crippen LogP contribution in [-0.4, -0.2) is 75.0 Å². The predicted molar refractivity (Wildman–Crippen MR) is 91.9 cm³/mol. The summed E-state index contributed by atoms with van der Waals surface area (Å²) in [6, 6.07) is 0.413. The molecule has 0 aromatic rings. The number of rotatable bonds is 5. The number of guanidine groups is 1. The topological polar surface area (TPSA) is 58.1 Å². The van der Waals surface area contributed by atoms with Gasteiger partial charge >= 0.3 is 0 Å². The molecular weight excluding hydrogens is 292 g/mol. The van der Waals surface area contributed by atoms with E-state index in [9.17, 15) is 0 Å². The van der Waals surface area contributed by atoms with Crippen LogP contribution in [0.25, 0.3) is 0 Å². The number of likely N-dealkylation sites (N-methyl/N-ethyl adjacent to an activating group) is 1. The molecule has 132 valence electrons. The molecule has 3 unspecified atom stereocenters. The summed E-state index contributed by atoms with van der Waals surface area (Å²) in [5, 5.41) is 7.01. The minimum Gasteiger partial charge on any atom is -0.381 e. The Morgan fingerprint density at radius 3 is 2.61 bits per heavy atom. The quantitative estimate of drug-likeness (QED) is 0.583. The van der Waals surface area contributed by atoms with E-state index >= 15 is 0 Å². The lowest BCUT2D eigenvalue weighted by Gasteiger charge is -2.41. The molecule has 3 rings (SSSR count). The van der Waals surface area contributed by atoms with Gasteiger partial charge in [-0.25, -0.2) is 0 Å². The number of nitrogens with one attached hydrogen (secondary N) is 2. The Hall–Kier alpha value is -0.850. The SMILES string of the molecule is CCNC(=NCC1(N(C)C)CCOCC1)NC1CC2CCC1O2. The smallest absolute Gasteiger partial charge is 0.191 e. The molecule has 3 aliphatic heterocycles. The van der Waals surface area contributed by atoms with Crippen molar-refractivity contribution in [1.29, 1.82) is 0 Å². The van der Waals surface area contributed by atoms with E-state index in [0.29, 0.717) is 18.2 Å². The van der Waals surface area contributed by atoms with Crippen LogP contribution in [0.1, 0.15) is 39.0 Å². The van der Waals surface area contributed by atoms with E-state index in [1.807, 2.05) is 0 Å². The largest absolute Gasteiger partial charge is 0.381 e. The van der Waals surface area contributed by atoms with Crippen molar-refractivity contribution < 1.29 is 9.47 Å². The summed E-state index contributed by atoms with van der Waals surface area (Å²) in [4.78, 5) is 7.24. The van der Waals surface area contributed by atoms with Gasteiger partial charge in [-0.2, -0.15) is 0 Å². The fourth-order valence-corrected chi connectivity index (χ4v) is 4.01. The number of nitrogens with zero attached hydrogens (tertiary/aromatic N) is 2. The molecule has 6 heteroatoms. The lowest BCUT2D eigenvalue weighted by molar-refractivity contribution is -0.00256. The van der Waals surface area contributed by atoms with Crippen molar-refractivity contribution in [2.75, 3.05) is 40.4 Å². The third-order valence-electron chi connectivity index (χ3n) is 5.68. The number of hydrogen-bond acceptors (Lipinski definition) is 4. The van der Waals surface area contributed by atoms with Crippen molar-refractivity contribution in [3.05, 3.63) is 0 Å². The van der Waals surface area contributed by atoms with Crippen LogP contribution < -0.4 is 10.6 Å². The van der Waals surface area contributed by atoms with Gasteiger partial charge in [-0.05, 0) is 53.1 Å². The normalized spacial score (nSPS) is 33.2. The van der Waals surface area contributed by atoms with Gasteiger partial charge in [0.05, 0.1) is 24.8 Å². The number of aliphatic imine (C=N–C) groups is 1. The fraction of sp³-hybridized carbons (Fsp3) is 0.941. The van der Waals surface area contributed by atoms with Gasteiger partial charge in [-0.3, -0.25) is 4.99 Å². The molecule has 23 heavy (non-hydrogen) atoms. The van der Waals surface area contributed by atoms with E-state index in [1.165, 1.54) is 12.8 Å². The van der Waals surface area contributed by atoms with Crippen molar-refractivity contribution in [3.63, 3.8) is 0 Å². The summed E-state index contributed by atoms with van der Waals surface area (Å²) in [6.45, 7) is 5.46. The second-order valence-electron chi connectivity index (χ2n) is 7.29. The fourth-order valence-electron chi connectivity index (χ4n) is 4.01. The first-order valence-electron chi connectivity index (χ1n) is 9.08. The summed E-state index contributed by atoms with van der Waals surface area (Å²) < 4.78 is 11.5. The Morgan fingerprint density at radius 2 is 2.04 bits per heavy atom. The first kappa shape index (κ1) is 17.0. The summed E-state index contributed by atoms with van der Waals surface area (Å²) in [6.07, 6.45) is 6.43. The molecule has 3 aliphatic rings. The van der Waals surface area contributed by atoms with Crippen LogP contribution in [-0.2, 0) is 9.47 Å². The minimum atomic E-state index is 0.117. The second kappa shape index (κ2) is 7.36. The number of ether oxygens (including phenoxy) is 2. The van der Waals surface area contributed by atoms with E-state index in [-0.39, 0.29) is 5.54 Å². The molecule has 3 saturated heterocycles. The Labute approximate surface area is 140 Å². The summed E-state index contributed by atoms with van der Waals surface area (Å²) >= 11 is 0. The molecule has 2 N–H and O–H groups in total. The maximum Gasteiger partial charge on any atom is 0.191 e.